The van der Waals surface area contributed by atoms with Crippen LogP contribution in [0.5, 0.6) is 5.75 Å². The number of halogens is 2. The number of ether oxygens (including phenoxy) is 2. The van der Waals surface area contributed by atoms with E-state index in [4.69, 9.17) is 32.7 Å². The fraction of sp³-hybridized carbons (Fsp3) is 0.227. The number of fused-ring (bicyclic) bond motifs is 2. The van der Waals surface area contributed by atoms with Crippen molar-refractivity contribution in [1.29, 1.82) is 0 Å². The summed E-state index contributed by atoms with van der Waals surface area (Å²) in [7, 11) is 1.49. The number of benzene rings is 2. The van der Waals surface area contributed by atoms with Gasteiger partial charge in [-0.3, -0.25) is 14.5 Å². The third kappa shape index (κ3) is 3.58. The highest BCUT2D eigenvalue weighted by Gasteiger charge is 2.43. The van der Waals surface area contributed by atoms with Crippen molar-refractivity contribution in [3.63, 3.8) is 0 Å². The molecule has 0 bridgehead atoms. The number of esters is 1. The van der Waals surface area contributed by atoms with Gasteiger partial charge >= 0.3 is 5.97 Å². The zero-order valence-electron chi connectivity index (χ0n) is 17.3. The maximum atomic E-state index is 13.1. The summed E-state index contributed by atoms with van der Waals surface area (Å²) in [4.78, 5) is 39.8. The van der Waals surface area contributed by atoms with Crippen molar-refractivity contribution in [3.8, 4) is 5.75 Å². The van der Waals surface area contributed by atoms with Crippen LogP contribution in [-0.4, -0.2) is 37.0 Å². The Bertz CT molecular complexity index is 1270. The fourth-order valence-corrected chi connectivity index (χ4v) is 5.30. The van der Waals surface area contributed by atoms with Gasteiger partial charge in [0, 0.05) is 5.39 Å². The van der Waals surface area contributed by atoms with Crippen LogP contribution in [0.2, 0.25) is 10.0 Å². The van der Waals surface area contributed by atoms with E-state index in [2.05, 4.69) is 5.32 Å². The fourth-order valence-electron chi connectivity index (χ4n) is 3.52. The van der Waals surface area contributed by atoms with Crippen LogP contribution in [0, 0.1) is 0 Å². The van der Waals surface area contributed by atoms with E-state index in [0.29, 0.717) is 32.2 Å². The van der Waals surface area contributed by atoms with Gasteiger partial charge in [0.15, 0.2) is 6.61 Å². The molecule has 0 aliphatic carbocycles. The average molecular weight is 493 g/mol. The van der Waals surface area contributed by atoms with Crippen LogP contribution in [0.25, 0.3) is 10.1 Å². The Morgan fingerprint density at radius 3 is 2.56 bits per heavy atom. The molecule has 2 amide bonds. The Kier molecular flexibility index (Phi) is 5.79. The van der Waals surface area contributed by atoms with E-state index in [-0.39, 0.29) is 15.8 Å². The van der Waals surface area contributed by atoms with E-state index < -0.39 is 24.0 Å². The molecule has 0 atom stereocenters. The highest BCUT2D eigenvalue weighted by Crippen LogP contribution is 2.43. The van der Waals surface area contributed by atoms with E-state index in [9.17, 15) is 14.4 Å². The number of hydrogen-bond donors (Lipinski definition) is 1. The molecule has 7 nitrogen and oxygen atoms in total. The van der Waals surface area contributed by atoms with E-state index in [1.807, 2.05) is 0 Å². The first-order valence-corrected chi connectivity index (χ1v) is 11.1. The summed E-state index contributed by atoms with van der Waals surface area (Å²) >= 11 is 13.8. The van der Waals surface area contributed by atoms with Crippen LogP contribution in [-0.2, 0) is 14.3 Å². The summed E-state index contributed by atoms with van der Waals surface area (Å²) in [5.41, 5.74) is -0.137. The number of thiophene rings is 1. The lowest BCUT2D eigenvalue weighted by atomic mass is 9.96. The van der Waals surface area contributed by atoms with Gasteiger partial charge in [0.1, 0.15) is 21.2 Å². The van der Waals surface area contributed by atoms with Crippen LogP contribution in [0.3, 0.4) is 0 Å². The average Bonchev–Trinajstić information content (AvgIpc) is 3.10. The molecule has 2 heterocycles. The van der Waals surface area contributed by atoms with Crippen molar-refractivity contribution in [2.24, 2.45) is 0 Å². The lowest BCUT2D eigenvalue weighted by Crippen LogP contribution is -2.59. The highest BCUT2D eigenvalue weighted by atomic mass is 35.5. The molecule has 0 spiro atoms. The molecule has 0 fully saturated rings. The summed E-state index contributed by atoms with van der Waals surface area (Å²) in [5, 5.41) is 3.90. The number of para-hydroxylation sites is 2. The first-order valence-electron chi connectivity index (χ1n) is 9.52. The predicted molar refractivity (Wildman–Crippen MR) is 125 cm³/mol. The molecular formula is C22H18Cl2N2O5S. The van der Waals surface area contributed by atoms with Gasteiger partial charge in [0.25, 0.3) is 5.91 Å². The van der Waals surface area contributed by atoms with Gasteiger partial charge in [-0.2, -0.15) is 0 Å². The second kappa shape index (κ2) is 8.27. The molecule has 1 aliphatic rings. The van der Waals surface area contributed by atoms with Crippen LogP contribution in [0.1, 0.15) is 23.5 Å². The number of anilines is 2. The van der Waals surface area contributed by atoms with Crippen LogP contribution in [0.15, 0.2) is 36.4 Å². The van der Waals surface area contributed by atoms with E-state index in [1.165, 1.54) is 12.0 Å². The monoisotopic (exact) mass is 492 g/mol. The Morgan fingerprint density at radius 2 is 1.84 bits per heavy atom. The highest BCUT2D eigenvalue weighted by molar-refractivity contribution is 7.22. The zero-order chi connectivity index (χ0) is 23.2. The molecule has 2 aromatic carbocycles. The minimum atomic E-state index is -1.17. The van der Waals surface area contributed by atoms with Crippen molar-refractivity contribution < 1.29 is 23.9 Å². The van der Waals surface area contributed by atoms with Gasteiger partial charge in [-0.15, -0.1) is 11.3 Å². The lowest BCUT2D eigenvalue weighted by molar-refractivity contribution is -0.128. The number of hydrogen-bond acceptors (Lipinski definition) is 6. The summed E-state index contributed by atoms with van der Waals surface area (Å²) in [6.45, 7) is 2.68. The van der Waals surface area contributed by atoms with E-state index >= 15 is 0 Å². The third-order valence-electron chi connectivity index (χ3n) is 5.19. The van der Waals surface area contributed by atoms with Gasteiger partial charge in [-0.05, 0) is 38.1 Å². The SMILES string of the molecule is COc1ccc2c(Cl)c(C(=O)OCC(=O)N3c4ccccc4NC(=O)C3(C)C)sc2c1Cl. The van der Waals surface area contributed by atoms with Gasteiger partial charge in [0.2, 0.25) is 5.91 Å². The Labute approximate surface area is 197 Å². The van der Waals surface area contributed by atoms with Crippen molar-refractivity contribution >= 4 is 73.8 Å². The first kappa shape index (κ1) is 22.4. The largest absolute Gasteiger partial charge is 0.495 e. The summed E-state index contributed by atoms with van der Waals surface area (Å²) in [5.74, 6) is -1.18. The molecule has 0 radical (unpaired) electrons. The maximum absolute atomic E-state index is 13.1. The van der Waals surface area contributed by atoms with Crippen LogP contribution < -0.4 is 15.0 Å². The topological polar surface area (TPSA) is 84.9 Å². The number of rotatable bonds is 4. The second-order valence-electron chi connectivity index (χ2n) is 7.54. The minimum absolute atomic E-state index is 0.126. The van der Waals surface area contributed by atoms with Crippen molar-refractivity contribution in [2.75, 3.05) is 23.9 Å². The van der Waals surface area contributed by atoms with Crippen LogP contribution in [0.4, 0.5) is 11.4 Å². The molecule has 0 unspecified atom stereocenters. The quantitative estimate of drug-likeness (QED) is 0.509. The molecule has 3 aromatic rings. The molecule has 0 saturated heterocycles. The molecule has 10 heteroatoms. The number of carbonyl (C=O) groups is 3. The van der Waals surface area contributed by atoms with Crippen molar-refractivity contribution in [2.45, 2.75) is 19.4 Å². The zero-order valence-corrected chi connectivity index (χ0v) is 19.7. The van der Waals surface area contributed by atoms with E-state index in [0.717, 1.165) is 11.3 Å². The molecule has 32 heavy (non-hydrogen) atoms. The van der Waals surface area contributed by atoms with Gasteiger partial charge in [-0.25, -0.2) is 4.79 Å². The summed E-state index contributed by atoms with van der Waals surface area (Å²) in [6.07, 6.45) is 0. The van der Waals surface area contributed by atoms with Gasteiger partial charge in [-0.1, -0.05) is 35.3 Å². The lowest BCUT2D eigenvalue weighted by Gasteiger charge is -2.41. The van der Waals surface area contributed by atoms with Gasteiger partial charge < -0.3 is 14.8 Å². The number of nitrogens with zero attached hydrogens (tertiary/aromatic N) is 1. The van der Waals surface area contributed by atoms with Crippen LogP contribution >= 0.6 is 34.5 Å². The third-order valence-corrected chi connectivity index (χ3v) is 7.39. The molecule has 1 aliphatic heterocycles. The maximum Gasteiger partial charge on any atom is 0.350 e. The Hall–Kier alpha value is -2.81. The first-order chi connectivity index (χ1) is 15.2. The molecule has 4 rings (SSSR count). The number of methoxy groups -OCH3 is 1. The van der Waals surface area contributed by atoms with Gasteiger partial charge in [0.05, 0.1) is 28.2 Å². The molecule has 1 aromatic heterocycles. The molecule has 1 N–H and O–H groups in total. The molecule has 166 valence electrons. The number of carbonyl (C=O) groups excluding carboxylic acids is 3. The van der Waals surface area contributed by atoms with Crippen molar-refractivity contribution in [1.82, 2.24) is 0 Å². The molecule has 0 saturated carbocycles. The van der Waals surface area contributed by atoms with Crippen molar-refractivity contribution in [3.05, 3.63) is 51.3 Å². The number of amides is 2. The normalized spacial score (nSPS) is 14.7. The summed E-state index contributed by atoms with van der Waals surface area (Å²) in [6, 6.07) is 10.3. The smallest absolute Gasteiger partial charge is 0.350 e. The standard InChI is InChI=1S/C22H18Cl2N2O5S/c1-22(2)21(29)25-12-6-4-5-7-13(12)26(22)15(27)10-31-20(28)19-16(23)11-8-9-14(30-3)17(24)18(11)32-19/h4-9H,10H2,1-3H3,(H,25,29). The Balaban J connectivity index is 1.58. The Morgan fingerprint density at radius 1 is 1.12 bits per heavy atom. The molecular weight excluding hydrogens is 475 g/mol. The second-order valence-corrected chi connectivity index (χ2v) is 9.32. The van der Waals surface area contributed by atoms with E-state index in [1.54, 1.807) is 50.2 Å². The predicted octanol–water partition coefficient (Wildman–Crippen LogP) is 5.14. The minimum Gasteiger partial charge on any atom is -0.495 e. The summed E-state index contributed by atoms with van der Waals surface area (Å²) < 4.78 is 11.1. The number of nitrogens with one attached hydrogen (secondary N) is 1.